The van der Waals surface area contributed by atoms with E-state index >= 15 is 0 Å². The van der Waals surface area contributed by atoms with E-state index in [9.17, 15) is 9.59 Å². The lowest BCUT2D eigenvalue weighted by molar-refractivity contribution is 0.564. The molecule has 6 heteroatoms. The van der Waals surface area contributed by atoms with E-state index in [4.69, 9.17) is 0 Å². The Kier molecular flexibility index (Phi) is 5.81. The molecule has 0 aromatic heterocycles. The molecule has 3 rings (SSSR count). The van der Waals surface area contributed by atoms with Gasteiger partial charge in [0, 0.05) is 13.1 Å². The molecule has 138 valence electrons. The topological polar surface area (TPSA) is 69.8 Å². The van der Waals surface area contributed by atoms with Crippen LogP contribution in [0.3, 0.4) is 0 Å². The zero-order chi connectivity index (χ0) is 18.5. The first-order valence-electron chi connectivity index (χ1n) is 9.57. The zero-order valence-corrected chi connectivity index (χ0v) is 15.6. The Morgan fingerprint density at radius 2 is 1.58 bits per heavy atom. The van der Waals surface area contributed by atoms with Gasteiger partial charge < -0.3 is 4.57 Å². The van der Waals surface area contributed by atoms with Crippen molar-refractivity contribution in [3.8, 4) is 11.5 Å². The first kappa shape index (κ1) is 18.3. The molecule has 2 heterocycles. The number of hydrogen-bond acceptors (Lipinski definition) is 4. The van der Waals surface area contributed by atoms with Gasteiger partial charge in [0.05, 0.1) is 11.0 Å². The van der Waals surface area contributed by atoms with Crippen LogP contribution in [0.2, 0.25) is 0 Å². The van der Waals surface area contributed by atoms with Crippen LogP contribution in [0.25, 0.3) is 22.6 Å². The molecule has 1 aromatic rings. The second kappa shape index (κ2) is 8.25. The summed E-state index contributed by atoms with van der Waals surface area (Å²) in [6.07, 6.45) is 6.11. The largest absolute Gasteiger partial charge is 0.352 e. The summed E-state index contributed by atoms with van der Waals surface area (Å²) in [7, 11) is 0. The van der Waals surface area contributed by atoms with Crippen molar-refractivity contribution in [2.75, 3.05) is 0 Å². The number of para-hydroxylation sites is 2. The summed E-state index contributed by atoms with van der Waals surface area (Å²) in [5.74, 6) is 0.406. The number of nitrogens with zero attached hydrogens (tertiary/aromatic N) is 4. The van der Waals surface area contributed by atoms with E-state index in [1.807, 2.05) is 35.8 Å². The third-order valence-electron chi connectivity index (χ3n) is 4.72. The number of hydrogen-bond donors (Lipinski definition) is 0. The van der Waals surface area contributed by atoms with Crippen molar-refractivity contribution in [3.63, 3.8) is 0 Å². The Bertz CT molecular complexity index is 974. The first-order chi connectivity index (χ1) is 12.7. The van der Waals surface area contributed by atoms with E-state index in [0.717, 1.165) is 49.7 Å². The smallest absolute Gasteiger partial charge is 0.322 e. The Balaban J connectivity index is 2.18. The van der Waals surface area contributed by atoms with E-state index < -0.39 is 5.69 Å². The lowest BCUT2D eigenvalue weighted by Crippen LogP contribution is -2.38. The second-order valence-electron chi connectivity index (χ2n) is 6.69. The van der Waals surface area contributed by atoms with Gasteiger partial charge in [-0.2, -0.15) is 4.98 Å². The molecule has 0 unspecified atom stereocenters. The Morgan fingerprint density at radius 1 is 0.846 bits per heavy atom. The van der Waals surface area contributed by atoms with Crippen LogP contribution in [0, 0.1) is 0 Å². The SMILES string of the molecule is CCCCCCn1c2nc(=O)n(CCCC)c(=O)c-2nc2ccccc21. The molecule has 0 radical (unpaired) electrons. The first-order valence-corrected chi connectivity index (χ1v) is 9.57. The normalized spacial score (nSPS) is 11.5. The highest BCUT2D eigenvalue weighted by atomic mass is 16.2. The third kappa shape index (κ3) is 3.54. The lowest BCUT2D eigenvalue weighted by atomic mass is 10.2. The third-order valence-corrected chi connectivity index (χ3v) is 4.72. The van der Waals surface area contributed by atoms with Crippen LogP contribution in [-0.4, -0.2) is 19.1 Å². The molecule has 2 aliphatic heterocycles. The van der Waals surface area contributed by atoms with Crippen molar-refractivity contribution in [2.24, 2.45) is 0 Å². The quantitative estimate of drug-likeness (QED) is 0.459. The molecule has 0 aliphatic carbocycles. The molecule has 6 nitrogen and oxygen atoms in total. The maximum atomic E-state index is 12.9. The molecular weight excluding hydrogens is 328 g/mol. The summed E-state index contributed by atoms with van der Waals surface area (Å²) >= 11 is 0. The Labute approximate surface area is 152 Å². The van der Waals surface area contributed by atoms with Crippen LogP contribution in [-0.2, 0) is 13.1 Å². The number of aryl methyl sites for hydroxylation is 1. The van der Waals surface area contributed by atoms with Gasteiger partial charge in [-0.1, -0.05) is 51.7 Å². The summed E-state index contributed by atoms with van der Waals surface area (Å²) in [4.78, 5) is 34.1. The van der Waals surface area contributed by atoms with E-state index in [1.54, 1.807) is 0 Å². The fourth-order valence-electron chi connectivity index (χ4n) is 3.26. The highest BCUT2D eigenvalue weighted by Crippen LogP contribution is 2.21. The fourth-order valence-corrected chi connectivity index (χ4v) is 3.26. The number of aromatic nitrogens is 4. The van der Waals surface area contributed by atoms with E-state index in [-0.39, 0.29) is 11.3 Å². The van der Waals surface area contributed by atoms with Gasteiger partial charge in [0.15, 0.2) is 11.5 Å². The van der Waals surface area contributed by atoms with E-state index in [1.165, 1.54) is 11.0 Å². The Hall–Kier alpha value is -2.50. The van der Waals surface area contributed by atoms with Gasteiger partial charge in [-0.15, -0.1) is 0 Å². The molecule has 1 aromatic carbocycles. The van der Waals surface area contributed by atoms with Crippen molar-refractivity contribution in [2.45, 2.75) is 65.5 Å². The molecule has 0 bridgehead atoms. The molecular formula is C20H26N4O2. The van der Waals surface area contributed by atoms with Gasteiger partial charge in [0.25, 0.3) is 5.56 Å². The maximum absolute atomic E-state index is 12.9. The van der Waals surface area contributed by atoms with Gasteiger partial charge in [-0.05, 0) is 25.0 Å². The predicted molar refractivity (Wildman–Crippen MR) is 104 cm³/mol. The molecule has 0 N–H and O–H groups in total. The molecule has 26 heavy (non-hydrogen) atoms. The van der Waals surface area contributed by atoms with Crippen LogP contribution in [0.5, 0.6) is 0 Å². The second-order valence-corrected chi connectivity index (χ2v) is 6.69. The summed E-state index contributed by atoms with van der Waals surface area (Å²) in [6.45, 7) is 5.32. The lowest BCUT2D eigenvalue weighted by Gasteiger charge is -2.17. The average molecular weight is 354 g/mol. The molecule has 2 aliphatic rings. The van der Waals surface area contributed by atoms with Gasteiger partial charge in [0.1, 0.15) is 0 Å². The van der Waals surface area contributed by atoms with Crippen molar-refractivity contribution >= 4 is 11.0 Å². The van der Waals surface area contributed by atoms with E-state index in [0.29, 0.717) is 12.4 Å². The van der Waals surface area contributed by atoms with Crippen LogP contribution < -0.4 is 11.2 Å². The van der Waals surface area contributed by atoms with Crippen LogP contribution in [0.4, 0.5) is 0 Å². The molecule has 0 fully saturated rings. The summed E-state index contributed by atoms with van der Waals surface area (Å²) in [5, 5.41) is 0. The fraction of sp³-hybridized carbons (Fsp3) is 0.500. The Morgan fingerprint density at radius 3 is 2.35 bits per heavy atom. The molecule has 0 saturated carbocycles. The van der Waals surface area contributed by atoms with Gasteiger partial charge in [-0.3, -0.25) is 9.36 Å². The zero-order valence-electron chi connectivity index (χ0n) is 15.6. The summed E-state index contributed by atoms with van der Waals surface area (Å²) in [5.41, 5.74) is 1.15. The van der Waals surface area contributed by atoms with Crippen molar-refractivity contribution in [1.82, 2.24) is 19.1 Å². The van der Waals surface area contributed by atoms with Crippen LogP contribution >= 0.6 is 0 Å². The van der Waals surface area contributed by atoms with Crippen molar-refractivity contribution in [1.29, 1.82) is 0 Å². The highest BCUT2D eigenvalue weighted by molar-refractivity contribution is 5.79. The number of rotatable bonds is 8. The van der Waals surface area contributed by atoms with E-state index in [2.05, 4.69) is 16.9 Å². The molecule has 0 atom stereocenters. The van der Waals surface area contributed by atoms with Gasteiger partial charge >= 0.3 is 5.69 Å². The van der Waals surface area contributed by atoms with Crippen molar-refractivity contribution < 1.29 is 0 Å². The van der Waals surface area contributed by atoms with Crippen LogP contribution in [0.15, 0.2) is 33.9 Å². The molecule has 0 spiro atoms. The predicted octanol–water partition coefficient (Wildman–Crippen LogP) is 3.44. The minimum Gasteiger partial charge on any atom is -0.322 e. The number of fused-ring (bicyclic) bond motifs is 2. The number of benzene rings is 1. The standard InChI is InChI=1S/C20H26N4O2/c1-3-5-7-10-14-23-16-12-9-8-11-15(16)21-17-18(23)22-20(26)24(19(17)25)13-6-4-2/h8-9,11-12H,3-7,10,13-14H2,1-2H3. The summed E-state index contributed by atoms with van der Waals surface area (Å²) in [6, 6.07) is 7.72. The van der Waals surface area contributed by atoms with Crippen molar-refractivity contribution in [3.05, 3.63) is 45.1 Å². The maximum Gasteiger partial charge on any atom is 0.352 e. The minimum absolute atomic E-state index is 0.287. The van der Waals surface area contributed by atoms with Gasteiger partial charge in [0.2, 0.25) is 0 Å². The molecule has 0 saturated heterocycles. The monoisotopic (exact) mass is 354 g/mol. The average Bonchev–Trinajstić information content (AvgIpc) is 2.65. The van der Waals surface area contributed by atoms with Crippen LogP contribution in [0.1, 0.15) is 52.4 Å². The molecule has 0 amide bonds. The minimum atomic E-state index is -0.477. The van der Waals surface area contributed by atoms with Gasteiger partial charge in [-0.25, -0.2) is 9.78 Å². The highest BCUT2D eigenvalue weighted by Gasteiger charge is 2.20. The number of unbranched alkanes of at least 4 members (excludes halogenated alkanes) is 4. The summed E-state index contributed by atoms with van der Waals surface area (Å²) < 4.78 is 3.20.